The highest BCUT2D eigenvalue weighted by atomic mass is 35.5. The van der Waals surface area contributed by atoms with Gasteiger partial charge in [0.05, 0.1) is 0 Å². The molecule has 2 aromatic rings. The Morgan fingerprint density at radius 3 is 2.22 bits per heavy atom. The van der Waals surface area contributed by atoms with Crippen LogP contribution in [0.25, 0.3) is 0 Å². The zero-order valence-corrected chi connectivity index (χ0v) is 10.7. The summed E-state index contributed by atoms with van der Waals surface area (Å²) in [6, 6.07) is 3.35. The number of aryl methyl sites for hydroxylation is 1. The van der Waals surface area contributed by atoms with E-state index in [0.717, 1.165) is 17.3 Å². The highest BCUT2D eigenvalue weighted by molar-refractivity contribution is 6.30. The van der Waals surface area contributed by atoms with Crippen LogP contribution in [0.4, 0.5) is 8.78 Å². The van der Waals surface area contributed by atoms with E-state index in [9.17, 15) is 8.78 Å². The Morgan fingerprint density at radius 2 is 1.67 bits per heavy atom. The summed E-state index contributed by atoms with van der Waals surface area (Å²) in [4.78, 5) is 8.35. The standard InChI is InChI=1S/C13H11ClF2N2/c1-7-8(2)17-12(18-13(7)14)5-9-3-10(15)6-11(16)4-9/h3-4,6H,5H2,1-2H3. The first-order valence-electron chi connectivity index (χ1n) is 5.40. The molecule has 2 rings (SSSR count). The molecule has 0 unspecified atom stereocenters. The minimum atomic E-state index is -0.611. The van der Waals surface area contributed by atoms with Gasteiger partial charge in [0.15, 0.2) is 0 Å². The highest BCUT2D eigenvalue weighted by Crippen LogP contribution is 2.17. The van der Waals surface area contributed by atoms with Crippen molar-refractivity contribution in [3.63, 3.8) is 0 Å². The van der Waals surface area contributed by atoms with Gasteiger partial charge in [0.25, 0.3) is 0 Å². The van der Waals surface area contributed by atoms with Crippen molar-refractivity contribution in [2.75, 3.05) is 0 Å². The second kappa shape index (κ2) is 4.98. The second-order valence-electron chi connectivity index (χ2n) is 4.10. The fourth-order valence-corrected chi connectivity index (χ4v) is 1.86. The topological polar surface area (TPSA) is 25.8 Å². The lowest BCUT2D eigenvalue weighted by molar-refractivity contribution is 0.580. The molecular weight excluding hydrogens is 258 g/mol. The van der Waals surface area contributed by atoms with Crippen LogP contribution in [-0.4, -0.2) is 9.97 Å². The summed E-state index contributed by atoms with van der Waals surface area (Å²) in [6.07, 6.45) is 0.246. The van der Waals surface area contributed by atoms with E-state index in [1.807, 2.05) is 13.8 Å². The highest BCUT2D eigenvalue weighted by Gasteiger charge is 2.08. The fourth-order valence-electron chi connectivity index (χ4n) is 1.62. The summed E-state index contributed by atoms with van der Waals surface area (Å²) in [5.74, 6) is -0.770. The van der Waals surface area contributed by atoms with Crippen LogP contribution in [0, 0.1) is 25.5 Å². The van der Waals surface area contributed by atoms with Gasteiger partial charge in [-0.2, -0.15) is 0 Å². The largest absolute Gasteiger partial charge is 0.238 e. The fraction of sp³-hybridized carbons (Fsp3) is 0.231. The number of nitrogens with zero attached hydrogens (tertiary/aromatic N) is 2. The molecule has 0 aliphatic carbocycles. The average molecular weight is 269 g/mol. The van der Waals surface area contributed by atoms with Crippen LogP contribution in [-0.2, 0) is 6.42 Å². The van der Waals surface area contributed by atoms with Crippen molar-refractivity contribution in [1.82, 2.24) is 9.97 Å². The summed E-state index contributed by atoms with van der Waals surface area (Å²) >= 11 is 5.95. The van der Waals surface area contributed by atoms with Crippen molar-refractivity contribution >= 4 is 11.6 Å². The summed E-state index contributed by atoms with van der Waals surface area (Å²) in [7, 11) is 0. The molecule has 0 bridgehead atoms. The van der Waals surface area contributed by atoms with Gasteiger partial charge in [-0.15, -0.1) is 0 Å². The SMILES string of the molecule is Cc1nc(Cc2cc(F)cc(F)c2)nc(Cl)c1C. The number of hydrogen-bond donors (Lipinski definition) is 0. The van der Waals surface area contributed by atoms with E-state index in [4.69, 9.17) is 11.6 Å². The van der Waals surface area contributed by atoms with Gasteiger partial charge in [-0.05, 0) is 31.5 Å². The van der Waals surface area contributed by atoms with Crippen LogP contribution in [0.3, 0.4) is 0 Å². The van der Waals surface area contributed by atoms with E-state index in [-0.39, 0.29) is 6.42 Å². The van der Waals surface area contributed by atoms with E-state index in [2.05, 4.69) is 9.97 Å². The maximum absolute atomic E-state index is 13.0. The van der Waals surface area contributed by atoms with Gasteiger partial charge < -0.3 is 0 Å². The van der Waals surface area contributed by atoms with Gasteiger partial charge in [-0.1, -0.05) is 11.6 Å². The number of aromatic nitrogens is 2. The van der Waals surface area contributed by atoms with Crippen molar-refractivity contribution in [2.24, 2.45) is 0 Å². The lowest BCUT2D eigenvalue weighted by Gasteiger charge is -2.06. The quantitative estimate of drug-likeness (QED) is 0.778. The average Bonchev–Trinajstić information content (AvgIpc) is 2.24. The summed E-state index contributed by atoms with van der Waals surface area (Å²) in [6.45, 7) is 3.64. The van der Waals surface area contributed by atoms with Crippen molar-refractivity contribution in [3.05, 3.63) is 57.6 Å². The van der Waals surface area contributed by atoms with E-state index in [0.29, 0.717) is 16.5 Å². The lowest BCUT2D eigenvalue weighted by atomic mass is 10.1. The smallest absolute Gasteiger partial charge is 0.135 e. The maximum atomic E-state index is 13.0. The monoisotopic (exact) mass is 268 g/mol. The van der Waals surface area contributed by atoms with Crippen LogP contribution < -0.4 is 0 Å². The molecule has 0 aliphatic rings. The number of rotatable bonds is 2. The van der Waals surface area contributed by atoms with Crippen LogP contribution in [0.1, 0.15) is 22.6 Å². The number of halogens is 3. The molecule has 1 aromatic carbocycles. The molecule has 2 nitrogen and oxygen atoms in total. The van der Waals surface area contributed by atoms with Gasteiger partial charge in [0.1, 0.15) is 22.6 Å². The van der Waals surface area contributed by atoms with Crippen LogP contribution in [0.5, 0.6) is 0 Å². The predicted molar refractivity (Wildman–Crippen MR) is 65.7 cm³/mol. The van der Waals surface area contributed by atoms with Crippen LogP contribution in [0.2, 0.25) is 5.15 Å². The van der Waals surface area contributed by atoms with Crippen LogP contribution >= 0.6 is 11.6 Å². The summed E-state index contributed by atoms with van der Waals surface area (Å²) in [5, 5.41) is 0.370. The molecule has 0 spiro atoms. The van der Waals surface area contributed by atoms with E-state index in [1.54, 1.807) is 0 Å². The Labute approximate surface area is 109 Å². The van der Waals surface area contributed by atoms with Gasteiger partial charge in [0, 0.05) is 23.7 Å². The maximum Gasteiger partial charge on any atom is 0.135 e. The lowest BCUT2D eigenvalue weighted by Crippen LogP contribution is -2.02. The molecule has 0 fully saturated rings. The van der Waals surface area contributed by atoms with Crippen molar-refractivity contribution < 1.29 is 8.78 Å². The van der Waals surface area contributed by atoms with E-state index >= 15 is 0 Å². The third kappa shape index (κ3) is 2.82. The molecule has 94 valence electrons. The Morgan fingerprint density at radius 1 is 1.06 bits per heavy atom. The van der Waals surface area contributed by atoms with E-state index < -0.39 is 11.6 Å². The molecular formula is C13H11ClF2N2. The number of hydrogen-bond acceptors (Lipinski definition) is 2. The van der Waals surface area contributed by atoms with Gasteiger partial charge >= 0.3 is 0 Å². The zero-order chi connectivity index (χ0) is 13.3. The summed E-state index contributed by atoms with van der Waals surface area (Å²) in [5.41, 5.74) is 2.06. The van der Waals surface area contributed by atoms with Gasteiger partial charge in [-0.25, -0.2) is 18.7 Å². The first-order valence-corrected chi connectivity index (χ1v) is 5.78. The molecule has 0 N–H and O–H groups in total. The minimum Gasteiger partial charge on any atom is -0.238 e. The molecule has 18 heavy (non-hydrogen) atoms. The van der Waals surface area contributed by atoms with E-state index in [1.165, 1.54) is 12.1 Å². The Bertz CT molecular complexity index is 556. The third-order valence-corrected chi connectivity index (χ3v) is 3.03. The van der Waals surface area contributed by atoms with Gasteiger partial charge in [0.2, 0.25) is 0 Å². The molecule has 0 atom stereocenters. The Kier molecular flexibility index (Phi) is 3.57. The molecule has 0 saturated carbocycles. The first kappa shape index (κ1) is 12.9. The van der Waals surface area contributed by atoms with Crippen molar-refractivity contribution in [2.45, 2.75) is 20.3 Å². The minimum absolute atomic E-state index is 0.246. The molecule has 0 amide bonds. The zero-order valence-electron chi connectivity index (χ0n) is 9.97. The second-order valence-corrected chi connectivity index (χ2v) is 4.45. The van der Waals surface area contributed by atoms with Crippen LogP contribution in [0.15, 0.2) is 18.2 Å². The van der Waals surface area contributed by atoms with Crippen molar-refractivity contribution in [1.29, 1.82) is 0 Å². The van der Waals surface area contributed by atoms with Gasteiger partial charge in [-0.3, -0.25) is 0 Å². The molecule has 0 radical (unpaired) electrons. The predicted octanol–water partition coefficient (Wildman–Crippen LogP) is 3.62. The Hall–Kier alpha value is -1.55. The first-order chi connectivity index (χ1) is 8.45. The Balaban J connectivity index is 2.34. The third-order valence-electron chi connectivity index (χ3n) is 2.66. The molecule has 1 heterocycles. The van der Waals surface area contributed by atoms with Crippen molar-refractivity contribution in [3.8, 4) is 0 Å². The summed E-state index contributed by atoms with van der Waals surface area (Å²) < 4.78 is 26.1. The molecule has 0 saturated heterocycles. The normalized spacial score (nSPS) is 10.7. The molecule has 5 heteroatoms. The molecule has 0 aliphatic heterocycles. The molecule has 1 aromatic heterocycles. The number of benzene rings is 1.